The molecule has 0 bridgehead atoms. The number of carbonyl (C=O) groups is 2. The van der Waals surface area contributed by atoms with Gasteiger partial charge in [-0.05, 0) is 32.2 Å². The van der Waals surface area contributed by atoms with E-state index in [4.69, 9.17) is 4.74 Å². The van der Waals surface area contributed by atoms with E-state index in [9.17, 15) is 9.59 Å². The molecule has 1 aliphatic heterocycles. The minimum absolute atomic E-state index is 0.0230. The first kappa shape index (κ1) is 16.3. The summed E-state index contributed by atoms with van der Waals surface area (Å²) in [5.74, 6) is 0.0126. The van der Waals surface area contributed by atoms with Gasteiger partial charge >= 0.3 is 5.97 Å². The molecule has 1 heterocycles. The van der Waals surface area contributed by atoms with E-state index in [1.54, 1.807) is 0 Å². The molecule has 0 aromatic carbocycles. The Bertz CT molecular complexity index is 353. The highest BCUT2D eigenvalue weighted by Crippen LogP contribution is 2.19. The number of esters is 1. The SMILES string of the molecule is COC(=O)C1CCCN(CCC(=O)NC2CCCCC2)C1. The van der Waals surface area contributed by atoms with Crippen molar-refractivity contribution in [1.82, 2.24) is 10.2 Å². The number of hydrogen-bond acceptors (Lipinski definition) is 4. The van der Waals surface area contributed by atoms with Crippen LogP contribution in [0.5, 0.6) is 0 Å². The predicted molar refractivity (Wildman–Crippen MR) is 80.8 cm³/mol. The molecule has 1 amide bonds. The molecule has 1 aliphatic carbocycles. The zero-order valence-electron chi connectivity index (χ0n) is 13.1. The van der Waals surface area contributed by atoms with E-state index in [2.05, 4.69) is 10.2 Å². The molecule has 120 valence electrons. The molecule has 0 spiro atoms. The Kier molecular flexibility index (Phi) is 6.49. The maximum absolute atomic E-state index is 12.0. The Labute approximate surface area is 127 Å². The molecule has 5 heteroatoms. The highest BCUT2D eigenvalue weighted by Gasteiger charge is 2.26. The first-order chi connectivity index (χ1) is 10.2. The van der Waals surface area contributed by atoms with Gasteiger partial charge in [0.25, 0.3) is 0 Å². The molecule has 1 saturated heterocycles. The van der Waals surface area contributed by atoms with Gasteiger partial charge in [-0.3, -0.25) is 9.59 Å². The van der Waals surface area contributed by atoms with Crippen molar-refractivity contribution in [2.45, 2.75) is 57.4 Å². The van der Waals surface area contributed by atoms with Crippen molar-refractivity contribution in [3.05, 3.63) is 0 Å². The van der Waals surface area contributed by atoms with Crippen molar-refractivity contribution in [2.24, 2.45) is 5.92 Å². The number of nitrogens with one attached hydrogen (secondary N) is 1. The molecule has 1 atom stereocenters. The second kappa shape index (κ2) is 8.37. The van der Waals surface area contributed by atoms with Crippen LogP contribution in [0, 0.1) is 5.92 Å². The highest BCUT2D eigenvalue weighted by molar-refractivity contribution is 5.76. The standard InChI is InChI=1S/C16H28N2O3/c1-21-16(20)13-6-5-10-18(12-13)11-9-15(19)17-14-7-3-2-4-8-14/h13-14H,2-12H2,1H3,(H,17,19). The molecular formula is C16H28N2O3. The lowest BCUT2D eigenvalue weighted by Crippen LogP contribution is -2.42. The predicted octanol–water partition coefficient (Wildman–Crippen LogP) is 1.71. The number of amides is 1. The number of piperidine rings is 1. The topological polar surface area (TPSA) is 58.6 Å². The van der Waals surface area contributed by atoms with Crippen LogP contribution in [0.25, 0.3) is 0 Å². The van der Waals surface area contributed by atoms with Gasteiger partial charge in [-0.15, -0.1) is 0 Å². The highest BCUT2D eigenvalue weighted by atomic mass is 16.5. The molecule has 2 rings (SSSR count). The summed E-state index contributed by atoms with van der Waals surface area (Å²) in [4.78, 5) is 25.8. The molecule has 21 heavy (non-hydrogen) atoms. The fraction of sp³-hybridized carbons (Fsp3) is 0.875. The largest absolute Gasteiger partial charge is 0.469 e. The van der Waals surface area contributed by atoms with Gasteiger partial charge in [0, 0.05) is 25.6 Å². The Hall–Kier alpha value is -1.10. The number of hydrogen-bond donors (Lipinski definition) is 1. The van der Waals surface area contributed by atoms with Crippen LogP contribution in [0.1, 0.15) is 51.4 Å². The fourth-order valence-corrected chi connectivity index (χ4v) is 3.42. The zero-order chi connectivity index (χ0) is 15.1. The summed E-state index contributed by atoms with van der Waals surface area (Å²) in [6, 6.07) is 0.385. The maximum atomic E-state index is 12.0. The van der Waals surface area contributed by atoms with Crippen LogP contribution in [0.4, 0.5) is 0 Å². The molecule has 5 nitrogen and oxygen atoms in total. The van der Waals surface area contributed by atoms with Crippen molar-refractivity contribution in [3.8, 4) is 0 Å². The third-order valence-corrected chi connectivity index (χ3v) is 4.67. The Morgan fingerprint density at radius 1 is 1.14 bits per heavy atom. The van der Waals surface area contributed by atoms with Gasteiger partial charge in [-0.25, -0.2) is 0 Å². The minimum Gasteiger partial charge on any atom is -0.469 e. The van der Waals surface area contributed by atoms with Crippen molar-refractivity contribution in [2.75, 3.05) is 26.7 Å². The van der Waals surface area contributed by atoms with Crippen molar-refractivity contribution < 1.29 is 14.3 Å². The average molecular weight is 296 g/mol. The number of methoxy groups -OCH3 is 1. The maximum Gasteiger partial charge on any atom is 0.309 e. The minimum atomic E-state index is -0.119. The summed E-state index contributed by atoms with van der Waals surface area (Å²) < 4.78 is 4.82. The van der Waals surface area contributed by atoms with E-state index in [1.807, 2.05) is 0 Å². The Morgan fingerprint density at radius 2 is 1.90 bits per heavy atom. The second-order valence-corrected chi connectivity index (χ2v) is 6.32. The number of rotatable bonds is 5. The molecule has 0 radical (unpaired) electrons. The number of ether oxygens (including phenoxy) is 1. The van der Waals surface area contributed by atoms with Crippen molar-refractivity contribution in [3.63, 3.8) is 0 Å². The summed E-state index contributed by atoms with van der Waals surface area (Å²) in [5.41, 5.74) is 0. The van der Waals surface area contributed by atoms with Gasteiger partial charge in [0.05, 0.1) is 13.0 Å². The molecule has 1 saturated carbocycles. The van der Waals surface area contributed by atoms with Gasteiger partial charge in [0.15, 0.2) is 0 Å². The van der Waals surface area contributed by atoms with Gasteiger partial charge in [-0.2, -0.15) is 0 Å². The van der Waals surface area contributed by atoms with E-state index in [1.165, 1.54) is 26.4 Å². The lowest BCUT2D eigenvalue weighted by atomic mass is 9.95. The van der Waals surface area contributed by atoms with Crippen LogP contribution >= 0.6 is 0 Å². The summed E-state index contributed by atoms with van der Waals surface area (Å²) >= 11 is 0. The van der Waals surface area contributed by atoms with Crippen molar-refractivity contribution >= 4 is 11.9 Å². The van der Waals surface area contributed by atoms with Gasteiger partial charge in [-0.1, -0.05) is 19.3 Å². The van der Waals surface area contributed by atoms with E-state index in [-0.39, 0.29) is 17.8 Å². The normalized spacial score (nSPS) is 24.5. The third kappa shape index (κ3) is 5.30. The lowest BCUT2D eigenvalue weighted by molar-refractivity contribution is -0.147. The Balaban J connectivity index is 1.67. The van der Waals surface area contributed by atoms with Crippen molar-refractivity contribution in [1.29, 1.82) is 0 Å². The van der Waals surface area contributed by atoms with Gasteiger partial charge in [0.1, 0.15) is 0 Å². The summed E-state index contributed by atoms with van der Waals surface area (Å²) in [6.07, 6.45) is 8.45. The van der Waals surface area contributed by atoms with E-state index in [0.29, 0.717) is 12.5 Å². The lowest BCUT2D eigenvalue weighted by Gasteiger charge is -2.31. The number of nitrogens with zero attached hydrogens (tertiary/aromatic N) is 1. The molecule has 2 fully saturated rings. The molecule has 0 aromatic heterocycles. The van der Waals surface area contributed by atoms with E-state index >= 15 is 0 Å². The molecular weight excluding hydrogens is 268 g/mol. The third-order valence-electron chi connectivity index (χ3n) is 4.67. The van der Waals surface area contributed by atoms with E-state index in [0.717, 1.165) is 45.3 Å². The fourth-order valence-electron chi connectivity index (χ4n) is 3.42. The monoisotopic (exact) mass is 296 g/mol. The van der Waals surface area contributed by atoms with Crippen LogP contribution in [-0.2, 0) is 14.3 Å². The van der Waals surface area contributed by atoms with Gasteiger partial charge < -0.3 is 15.0 Å². The first-order valence-corrected chi connectivity index (χ1v) is 8.28. The molecule has 1 unspecified atom stereocenters. The van der Waals surface area contributed by atoms with E-state index < -0.39 is 0 Å². The molecule has 1 N–H and O–H groups in total. The second-order valence-electron chi connectivity index (χ2n) is 6.32. The molecule has 2 aliphatic rings. The number of likely N-dealkylation sites (tertiary alicyclic amines) is 1. The average Bonchev–Trinajstić information content (AvgIpc) is 2.53. The Morgan fingerprint density at radius 3 is 2.62 bits per heavy atom. The first-order valence-electron chi connectivity index (χ1n) is 8.28. The quantitative estimate of drug-likeness (QED) is 0.785. The van der Waals surface area contributed by atoms with Crippen LogP contribution in [0.15, 0.2) is 0 Å². The van der Waals surface area contributed by atoms with Crippen LogP contribution in [0.3, 0.4) is 0 Å². The van der Waals surface area contributed by atoms with Crippen LogP contribution < -0.4 is 5.32 Å². The zero-order valence-corrected chi connectivity index (χ0v) is 13.1. The molecule has 0 aromatic rings. The summed E-state index contributed by atoms with van der Waals surface area (Å²) in [5, 5.41) is 3.15. The number of carbonyl (C=O) groups excluding carboxylic acids is 2. The van der Waals surface area contributed by atoms with Gasteiger partial charge in [0.2, 0.25) is 5.91 Å². The van der Waals surface area contributed by atoms with Crippen LogP contribution in [-0.4, -0.2) is 49.6 Å². The summed E-state index contributed by atoms with van der Waals surface area (Å²) in [7, 11) is 1.44. The summed E-state index contributed by atoms with van der Waals surface area (Å²) in [6.45, 7) is 2.44. The smallest absolute Gasteiger partial charge is 0.309 e. The van der Waals surface area contributed by atoms with Crippen LogP contribution in [0.2, 0.25) is 0 Å².